The minimum atomic E-state index is 0.904. The predicted octanol–water partition coefficient (Wildman–Crippen LogP) is 35.7. The topological polar surface area (TPSA) is 39.4 Å². The number of furan rings is 3. The Labute approximate surface area is 729 Å². The van der Waals surface area contributed by atoms with Crippen LogP contribution in [-0.2, 0) is 0 Å². The highest BCUT2D eigenvalue weighted by atomic mass is 32.1. The lowest BCUT2D eigenvalue weighted by atomic mass is 9.84. The zero-order valence-corrected chi connectivity index (χ0v) is 69.2. The minimum Gasteiger partial charge on any atom is -0.456 e. The molecule has 4 heterocycles. The summed E-state index contributed by atoms with van der Waals surface area (Å²) in [6.07, 6.45) is 0. The van der Waals surface area contributed by atoms with Gasteiger partial charge in [0.2, 0.25) is 0 Å². The monoisotopic (exact) mass is 1620 g/mol. The molecule has 27 rings (SSSR count). The molecule has 23 aromatic carbocycles. The molecule has 0 N–H and O–H groups in total. The zero-order valence-electron chi connectivity index (χ0n) is 68.4. The van der Waals surface area contributed by atoms with E-state index in [4.69, 9.17) is 13.3 Å². The van der Waals surface area contributed by atoms with Gasteiger partial charge in [-0.3, -0.25) is 0 Å². The SMILES string of the molecule is c1ccc(-c2c3ccccc3c(-c3ccc(-c4ccc5ccccc5c4)c4oc5ccccc5c34)c3ccccc23)cc1.c1ccc(-c2c3ccccc3c(-c3ccc(-c4ccc5sc6ccccc6c5c4)c4oc5ccccc5c34)c3ccccc23)cc1.c1ccc2cc(-c3c4ccccc4c(-c4cccc5oc6ccccc6c45)c4ccccc34)ccc2c1. The second-order valence-corrected chi connectivity index (χ2v) is 34.0. The van der Waals surface area contributed by atoms with Gasteiger partial charge in [-0.2, -0.15) is 0 Å². The fourth-order valence-corrected chi connectivity index (χ4v) is 21.6. The van der Waals surface area contributed by atoms with Crippen molar-refractivity contribution < 1.29 is 13.3 Å². The van der Waals surface area contributed by atoms with Crippen LogP contribution in [0, 0.1) is 0 Å². The van der Waals surface area contributed by atoms with Crippen LogP contribution in [0.5, 0.6) is 0 Å². The van der Waals surface area contributed by atoms with Crippen molar-refractivity contribution in [3.05, 3.63) is 449 Å². The molecule has 0 saturated carbocycles. The highest BCUT2D eigenvalue weighted by Crippen LogP contribution is 2.54. The third-order valence-electron chi connectivity index (χ3n) is 26.0. The third-order valence-corrected chi connectivity index (χ3v) is 27.1. The molecule has 0 atom stereocenters. The van der Waals surface area contributed by atoms with Crippen LogP contribution in [0.15, 0.2) is 462 Å². The maximum Gasteiger partial charge on any atom is 0.143 e. The van der Waals surface area contributed by atoms with E-state index in [-0.39, 0.29) is 0 Å². The molecule has 3 nitrogen and oxygen atoms in total. The van der Waals surface area contributed by atoms with E-state index < -0.39 is 0 Å². The van der Waals surface area contributed by atoms with Crippen molar-refractivity contribution >= 4 is 184 Å². The molecule has 0 saturated heterocycles. The quantitative estimate of drug-likeness (QED) is 0.142. The van der Waals surface area contributed by atoms with Crippen molar-refractivity contribution in [1.82, 2.24) is 0 Å². The molecule has 0 bridgehead atoms. The maximum absolute atomic E-state index is 6.80. The highest BCUT2D eigenvalue weighted by Gasteiger charge is 2.27. The van der Waals surface area contributed by atoms with Crippen LogP contribution in [0.4, 0.5) is 0 Å². The molecule has 126 heavy (non-hydrogen) atoms. The summed E-state index contributed by atoms with van der Waals surface area (Å²) in [6, 6.07) is 162. The summed E-state index contributed by atoms with van der Waals surface area (Å²) >= 11 is 1.85. The Balaban J connectivity index is 0.000000104. The Morgan fingerprint density at radius 2 is 0.437 bits per heavy atom. The third kappa shape index (κ3) is 11.8. The molecule has 4 heteroatoms. The predicted molar refractivity (Wildman–Crippen MR) is 538 cm³/mol. The van der Waals surface area contributed by atoms with E-state index in [1.165, 1.54) is 184 Å². The molecule has 0 aliphatic rings. The standard InChI is InChI=1S/C44H26OS.C42H26O.C36H22O/c1-2-12-27(13-3-1)41-31-15-4-6-17-33(31)42(34-18-7-5-16-32(34)41)36-24-23-29(44-43(36)35-19-8-10-20-38(35)45-44)28-22-25-40-37(26-28)30-14-9-11-21-39(30)46-40;1-2-13-28(14-3-1)39-32-16-6-8-18-34(32)40(35-19-9-7-17-33(35)39)37-25-24-31(30-23-22-27-12-4-5-15-29(27)26-30)42-41(37)36-20-10-11-21-38(36)43-42;1-2-11-24-22-25(21-20-23(24)10-1)34-26-12-3-5-14-28(26)35(29-15-6-4-13-27(29)34)31-17-9-19-33-36(31)30-16-7-8-18-32(30)37-33/h1-26H;1-26H;1-22H. The Kier molecular flexibility index (Phi) is 17.2. The summed E-state index contributed by atoms with van der Waals surface area (Å²) in [6.45, 7) is 0. The van der Waals surface area contributed by atoms with Crippen LogP contribution in [0.25, 0.3) is 261 Å². The summed E-state index contributed by atoms with van der Waals surface area (Å²) < 4.78 is 22.4. The van der Waals surface area contributed by atoms with Gasteiger partial charge in [-0.15, -0.1) is 11.3 Å². The van der Waals surface area contributed by atoms with Crippen LogP contribution < -0.4 is 0 Å². The summed E-state index contributed by atoms with van der Waals surface area (Å²) in [7, 11) is 0. The average Bonchev–Trinajstić information content (AvgIpc) is 1.12. The van der Waals surface area contributed by atoms with E-state index in [9.17, 15) is 0 Å². The van der Waals surface area contributed by atoms with E-state index in [1.54, 1.807) is 0 Å². The second kappa shape index (κ2) is 29.8. The molecule has 0 radical (unpaired) electrons. The Bertz CT molecular complexity index is 8940. The van der Waals surface area contributed by atoms with E-state index >= 15 is 0 Å². The van der Waals surface area contributed by atoms with Crippen molar-refractivity contribution in [3.63, 3.8) is 0 Å². The van der Waals surface area contributed by atoms with Crippen molar-refractivity contribution in [3.8, 4) is 89.0 Å². The fourth-order valence-electron chi connectivity index (χ4n) is 20.5. The van der Waals surface area contributed by atoms with E-state index in [2.05, 4.69) is 443 Å². The summed E-state index contributed by atoms with van der Waals surface area (Å²) in [5.41, 5.74) is 24.9. The van der Waals surface area contributed by atoms with Gasteiger partial charge >= 0.3 is 0 Å². The number of para-hydroxylation sites is 3. The first-order valence-corrected chi connectivity index (χ1v) is 44.0. The van der Waals surface area contributed by atoms with Gasteiger partial charge in [-0.25, -0.2) is 0 Å². The number of thiophene rings is 1. The van der Waals surface area contributed by atoms with E-state index in [0.29, 0.717) is 0 Å². The van der Waals surface area contributed by atoms with Gasteiger partial charge in [-0.05, 0) is 231 Å². The summed E-state index contributed by atoms with van der Waals surface area (Å²) in [5, 5.41) is 29.5. The Morgan fingerprint density at radius 1 is 0.143 bits per heavy atom. The normalized spacial score (nSPS) is 11.8. The molecule has 0 fully saturated rings. The number of fused-ring (bicyclic) bond motifs is 20. The molecular weight excluding hydrogens is 1550 g/mol. The number of benzene rings is 23. The zero-order chi connectivity index (χ0) is 82.9. The average molecular weight is 1620 g/mol. The molecule has 0 spiro atoms. The van der Waals surface area contributed by atoms with E-state index in [1.807, 2.05) is 17.4 Å². The molecule has 0 aliphatic heterocycles. The lowest BCUT2D eigenvalue weighted by Gasteiger charge is -2.18. The molecule has 0 unspecified atom stereocenters. The smallest absolute Gasteiger partial charge is 0.143 e. The van der Waals surface area contributed by atoms with Crippen LogP contribution >= 0.6 is 11.3 Å². The van der Waals surface area contributed by atoms with Gasteiger partial charge in [0.15, 0.2) is 0 Å². The van der Waals surface area contributed by atoms with Crippen LogP contribution in [-0.4, -0.2) is 0 Å². The first-order valence-electron chi connectivity index (χ1n) is 43.2. The first kappa shape index (κ1) is 72.6. The van der Waals surface area contributed by atoms with Crippen LogP contribution in [0.3, 0.4) is 0 Å². The molecule has 4 aromatic heterocycles. The van der Waals surface area contributed by atoms with Gasteiger partial charge < -0.3 is 13.3 Å². The number of hydrogen-bond donors (Lipinski definition) is 0. The van der Waals surface area contributed by atoms with Gasteiger partial charge in [0, 0.05) is 63.6 Å². The van der Waals surface area contributed by atoms with Gasteiger partial charge in [0.25, 0.3) is 0 Å². The molecule has 0 amide bonds. The van der Waals surface area contributed by atoms with Crippen molar-refractivity contribution in [2.24, 2.45) is 0 Å². The maximum atomic E-state index is 6.80. The summed E-state index contributed by atoms with van der Waals surface area (Å²) in [5.74, 6) is 0. The van der Waals surface area contributed by atoms with Crippen LogP contribution in [0.1, 0.15) is 0 Å². The fraction of sp³-hybridized carbons (Fsp3) is 0. The lowest BCUT2D eigenvalue weighted by molar-refractivity contribution is 0.669. The minimum absolute atomic E-state index is 0.904. The highest BCUT2D eigenvalue weighted by molar-refractivity contribution is 7.25. The first-order chi connectivity index (χ1) is 62.5. The van der Waals surface area contributed by atoms with Crippen molar-refractivity contribution in [1.29, 1.82) is 0 Å². The van der Waals surface area contributed by atoms with Crippen LogP contribution in [0.2, 0.25) is 0 Å². The largest absolute Gasteiger partial charge is 0.456 e. The number of rotatable bonds is 8. The van der Waals surface area contributed by atoms with Gasteiger partial charge in [0.1, 0.15) is 33.5 Å². The Morgan fingerprint density at radius 3 is 0.881 bits per heavy atom. The van der Waals surface area contributed by atoms with Crippen molar-refractivity contribution in [2.75, 3.05) is 0 Å². The molecular formula is C122H74O3S. The van der Waals surface area contributed by atoms with Gasteiger partial charge in [0.05, 0.1) is 0 Å². The summed E-state index contributed by atoms with van der Waals surface area (Å²) in [4.78, 5) is 0. The Hall–Kier alpha value is -16.2. The molecule has 0 aliphatic carbocycles. The van der Waals surface area contributed by atoms with Gasteiger partial charge in [-0.1, -0.05) is 382 Å². The lowest BCUT2D eigenvalue weighted by Crippen LogP contribution is -1.91. The molecule has 586 valence electrons. The number of hydrogen-bond acceptors (Lipinski definition) is 4. The molecule has 27 aromatic rings. The second-order valence-electron chi connectivity index (χ2n) is 32.9. The van der Waals surface area contributed by atoms with Crippen molar-refractivity contribution in [2.45, 2.75) is 0 Å². The van der Waals surface area contributed by atoms with E-state index in [0.717, 1.165) is 77.1 Å².